The molecule has 0 unspecified atom stereocenters. The lowest BCUT2D eigenvalue weighted by Crippen LogP contribution is -1.98. The molecular weight excluding hydrogens is 308 g/mol. The van der Waals surface area contributed by atoms with Crippen LogP contribution in [0.4, 0.5) is 15.9 Å². The van der Waals surface area contributed by atoms with Gasteiger partial charge in [-0.3, -0.25) is 0 Å². The summed E-state index contributed by atoms with van der Waals surface area (Å²) in [6, 6.07) is 3.06. The SMILES string of the molecule is Cc1cc(F)c(Br)cc1Nc1nccnc1Cl. The fourth-order valence-corrected chi connectivity index (χ4v) is 1.81. The number of rotatable bonds is 2. The number of benzene rings is 1. The van der Waals surface area contributed by atoms with Crippen LogP contribution in [0.2, 0.25) is 5.15 Å². The molecule has 1 heterocycles. The van der Waals surface area contributed by atoms with Gasteiger partial charge in [-0.05, 0) is 40.5 Å². The predicted molar refractivity (Wildman–Crippen MR) is 69.2 cm³/mol. The van der Waals surface area contributed by atoms with Gasteiger partial charge in [0.05, 0.1) is 4.47 Å². The Morgan fingerprint density at radius 3 is 2.71 bits per heavy atom. The van der Waals surface area contributed by atoms with Crippen molar-refractivity contribution >= 4 is 39.0 Å². The van der Waals surface area contributed by atoms with Crippen molar-refractivity contribution in [3.05, 3.63) is 45.5 Å². The van der Waals surface area contributed by atoms with Crippen LogP contribution in [-0.4, -0.2) is 9.97 Å². The number of hydrogen-bond acceptors (Lipinski definition) is 3. The quantitative estimate of drug-likeness (QED) is 0.907. The van der Waals surface area contributed by atoms with E-state index in [1.165, 1.54) is 18.5 Å². The Morgan fingerprint density at radius 2 is 2.00 bits per heavy atom. The van der Waals surface area contributed by atoms with E-state index in [-0.39, 0.29) is 11.0 Å². The smallest absolute Gasteiger partial charge is 0.171 e. The number of halogens is 3. The molecule has 0 amide bonds. The van der Waals surface area contributed by atoms with Crippen LogP contribution < -0.4 is 5.32 Å². The number of nitrogens with one attached hydrogen (secondary N) is 1. The summed E-state index contributed by atoms with van der Waals surface area (Å²) in [6.45, 7) is 1.79. The highest BCUT2D eigenvalue weighted by atomic mass is 79.9. The average Bonchev–Trinajstić information content (AvgIpc) is 2.29. The largest absolute Gasteiger partial charge is 0.337 e. The van der Waals surface area contributed by atoms with Gasteiger partial charge >= 0.3 is 0 Å². The first-order chi connectivity index (χ1) is 8.08. The van der Waals surface area contributed by atoms with Gasteiger partial charge in [0.2, 0.25) is 0 Å². The lowest BCUT2D eigenvalue weighted by atomic mass is 10.2. The molecule has 0 saturated carbocycles. The first-order valence-corrected chi connectivity index (χ1v) is 5.94. The Bertz CT molecular complexity index is 562. The highest BCUT2D eigenvalue weighted by molar-refractivity contribution is 9.10. The van der Waals surface area contributed by atoms with Crippen LogP contribution in [0.25, 0.3) is 0 Å². The molecule has 6 heteroatoms. The van der Waals surface area contributed by atoms with Crippen molar-refractivity contribution in [2.24, 2.45) is 0 Å². The van der Waals surface area contributed by atoms with Crippen molar-refractivity contribution in [3.8, 4) is 0 Å². The van der Waals surface area contributed by atoms with E-state index in [0.29, 0.717) is 10.3 Å². The van der Waals surface area contributed by atoms with E-state index in [4.69, 9.17) is 11.6 Å². The Balaban J connectivity index is 2.37. The molecular formula is C11H8BrClFN3. The van der Waals surface area contributed by atoms with E-state index in [2.05, 4.69) is 31.2 Å². The molecule has 2 rings (SSSR count). The molecule has 1 aromatic carbocycles. The van der Waals surface area contributed by atoms with Crippen LogP contribution >= 0.6 is 27.5 Å². The van der Waals surface area contributed by atoms with Crippen molar-refractivity contribution in [2.75, 3.05) is 5.32 Å². The fraction of sp³-hybridized carbons (Fsp3) is 0.0909. The number of aromatic nitrogens is 2. The third-order valence-corrected chi connectivity index (χ3v) is 3.06. The molecule has 0 aliphatic carbocycles. The molecule has 1 N–H and O–H groups in total. The standard InChI is InChI=1S/C11H8BrClFN3/c1-6-4-8(14)7(12)5-9(6)17-11-10(13)15-2-3-16-11/h2-5H,1H3,(H,16,17). The molecule has 0 fully saturated rings. The minimum absolute atomic E-state index is 0.271. The molecule has 0 spiro atoms. The molecule has 0 saturated heterocycles. The van der Waals surface area contributed by atoms with Crippen LogP contribution in [0.15, 0.2) is 29.0 Å². The van der Waals surface area contributed by atoms with Gasteiger partial charge in [-0.15, -0.1) is 0 Å². The van der Waals surface area contributed by atoms with Crippen molar-refractivity contribution < 1.29 is 4.39 Å². The Labute approximate surface area is 111 Å². The number of anilines is 2. The van der Waals surface area contributed by atoms with Gasteiger partial charge in [-0.1, -0.05) is 11.6 Å². The third-order valence-electron chi connectivity index (χ3n) is 2.17. The molecule has 17 heavy (non-hydrogen) atoms. The monoisotopic (exact) mass is 315 g/mol. The summed E-state index contributed by atoms with van der Waals surface area (Å²) in [6.07, 6.45) is 3.03. The van der Waals surface area contributed by atoms with Crippen molar-refractivity contribution in [1.82, 2.24) is 9.97 Å². The minimum atomic E-state index is -0.307. The van der Waals surface area contributed by atoms with Gasteiger partial charge in [-0.2, -0.15) is 0 Å². The van der Waals surface area contributed by atoms with Crippen LogP contribution in [0.5, 0.6) is 0 Å². The highest BCUT2D eigenvalue weighted by Crippen LogP contribution is 2.28. The zero-order valence-electron chi connectivity index (χ0n) is 8.84. The summed E-state index contributed by atoms with van der Waals surface area (Å²) in [7, 11) is 0. The number of nitrogens with zero attached hydrogens (tertiary/aromatic N) is 2. The Kier molecular flexibility index (Phi) is 3.59. The lowest BCUT2D eigenvalue weighted by molar-refractivity contribution is 0.620. The minimum Gasteiger partial charge on any atom is -0.337 e. The van der Waals surface area contributed by atoms with Gasteiger partial charge < -0.3 is 5.32 Å². The average molecular weight is 317 g/mol. The molecule has 88 valence electrons. The second-order valence-electron chi connectivity index (χ2n) is 3.40. The summed E-state index contributed by atoms with van der Waals surface area (Å²) in [5.74, 6) is 0.133. The molecule has 0 atom stereocenters. The zero-order chi connectivity index (χ0) is 12.4. The summed E-state index contributed by atoms with van der Waals surface area (Å²) >= 11 is 9.00. The van der Waals surface area contributed by atoms with Gasteiger partial charge in [0.15, 0.2) is 11.0 Å². The van der Waals surface area contributed by atoms with E-state index < -0.39 is 0 Å². The fourth-order valence-electron chi connectivity index (χ4n) is 1.31. The summed E-state index contributed by atoms with van der Waals surface area (Å²) in [5.41, 5.74) is 1.48. The van der Waals surface area contributed by atoms with E-state index >= 15 is 0 Å². The molecule has 0 bridgehead atoms. The maximum Gasteiger partial charge on any atom is 0.171 e. The first-order valence-electron chi connectivity index (χ1n) is 4.77. The summed E-state index contributed by atoms with van der Waals surface area (Å²) in [5, 5.41) is 3.28. The van der Waals surface area contributed by atoms with Crippen LogP contribution in [0.3, 0.4) is 0 Å². The molecule has 0 radical (unpaired) electrons. The van der Waals surface area contributed by atoms with Crippen LogP contribution in [-0.2, 0) is 0 Å². The van der Waals surface area contributed by atoms with E-state index in [1.807, 2.05) is 0 Å². The maximum absolute atomic E-state index is 13.2. The lowest BCUT2D eigenvalue weighted by Gasteiger charge is -2.10. The normalized spacial score (nSPS) is 10.4. The topological polar surface area (TPSA) is 37.8 Å². The van der Waals surface area contributed by atoms with Gasteiger partial charge in [-0.25, -0.2) is 14.4 Å². The first kappa shape index (κ1) is 12.3. The van der Waals surface area contributed by atoms with Crippen LogP contribution in [0.1, 0.15) is 5.56 Å². The van der Waals surface area contributed by atoms with E-state index in [0.717, 1.165) is 11.3 Å². The van der Waals surface area contributed by atoms with Crippen molar-refractivity contribution in [1.29, 1.82) is 0 Å². The number of aryl methyl sites for hydroxylation is 1. The second kappa shape index (κ2) is 4.98. The summed E-state index contributed by atoms with van der Waals surface area (Å²) in [4.78, 5) is 7.95. The predicted octanol–water partition coefficient (Wildman–Crippen LogP) is 4.08. The molecule has 1 aromatic heterocycles. The zero-order valence-corrected chi connectivity index (χ0v) is 11.2. The van der Waals surface area contributed by atoms with E-state index in [1.54, 1.807) is 13.0 Å². The molecule has 3 nitrogen and oxygen atoms in total. The molecule has 2 aromatic rings. The number of hydrogen-bond donors (Lipinski definition) is 1. The molecule has 0 aliphatic heterocycles. The van der Waals surface area contributed by atoms with Crippen molar-refractivity contribution in [3.63, 3.8) is 0 Å². The summed E-state index contributed by atoms with van der Waals surface area (Å²) < 4.78 is 13.6. The molecule has 0 aliphatic rings. The maximum atomic E-state index is 13.2. The third kappa shape index (κ3) is 2.73. The van der Waals surface area contributed by atoms with Gasteiger partial charge in [0, 0.05) is 18.1 Å². The second-order valence-corrected chi connectivity index (χ2v) is 4.61. The highest BCUT2D eigenvalue weighted by Gasteiger charge is 2.08. The van der Waals surface area contributed by atoms with Gasteiger partial charge in [0.1, 0.15) is 5.82 Å². The Hall–Kier alpha value is -1.20. The van der Waals surface area contributed by atoms with Gasteiger partial charge in [0.25, 0.3) is 0 Å². The van der Waals surface area contributed by atoms with E-state index in [9.17, 15) is 4.39 Å². The van der Waals surface area contributed by atoms with Crippen molar-refractivity contribution in [2.45, 2.75) is 6.92 Å². The van der Waals surface area contributed by atoms with Crippen LogP contribution in [0, 0.1) is 12.7 Å². The Morgan fingerprint density at radius 1 is 1.29 bits per heavy atom.